The van der Waals surface area contributed by atoms with Gasteiger partial charge in [0.2, 0.25) is 5.91 Å². The van der Waals surface area contributed by atoms with E-state index in [1.807, 2.05) is 29.0 Å². The van der Waals surface area contributed by atoms with E-state index < -0.39 is 10.0 Å². The fourth-order valence-corrected chi connectivity index (χ4v) is 6.87. The molecule has 0 spiro atoms. The van der Waals surface area contributed by atoms with Crippen LogP contribution in [0.3, 0.4) is 0 Å². The Morgan fingerprint density at radius 1 is 1.00 bits per heavy atom. The topological polar surface area (TPSA) is 95.9 Å². The number of methoxy groups -OCH3 is 1. The number of amides is 1. The van der Waals surface area contributed by atoms with Crippen molar-refractivity contribution in [3.63, 3.8) is 0 Å². The molecule has 9 nitrogen and oxygen atoms in total. The van der Waals surface area contributed by atoms with E-state index in [0.29, 0.717) is 42.1 Å². The summed E-state index contributed by atoms with van der Waals surface area (Å²) in [5, 5.41) is 3.94. The molecule has 4 rings (SSSR count). The van der Waals surface area contributed by atoms with Crippen LogP contribution in [0.4, 0.5) is 5.69 Å². The number of ether oxygens (including phenoxy) is 1. The largest absolute Gasteiger partial charge is 0.497 e. The number of fused-ring (bicyclic) bond motifs is 1. The van der Waals surface area contributed by atoms with Gasteiger partial charge in [0.25, 0.3) is 10.0 Å². The molecular weight excluding hydrogens is 514 g/mol. The first kappa shape index (κ1) is 28.9. The Balaban J connectivity index is 1.36. The first-order valence-corrected chi connectivity index (χ1v) is 15.2. The van der Waals surface area contributed by atoms with Gasteiger partial charge in [-0.15, -0.1) is 0 Å². The van der Waals surface area contributed by atoms with E-state index in [0.717, 1.165) is 56.6 Å². The molecule has 10 heteroatoms. The van der Waals surface area contributed by atoms with Gasteiger partial charge in [-0.2, -0.15) is 0 Å². The number of aryl methyl sites for hydroxylation is 3. The number of hydrogen-bond acceptors (Lipinski definition) is 6. The highest BCUT2D eigenvalue weighted by Gasteiger charge is 2.22. The van der Waals surface area contributed by atoms with Crippen LogP contribution in [0, 0.1) is 13.8 Å². The van der Waals surface area contributed by atoms with Crippen LogP contribution in [-0.2, 0) is 21.4 Å². The minimum atomic E-state index is -3.85. The molecule has 1 aromatic heterocycles. The molecule has 0 atom stereocenters. The van der Waals surface area contributed by atoms with Gasteiger partial charge in [0.05, 0.1) is 23.2 Å². The second-order valence-electron chi connectivity index (χ2n) is 10.2. The van der Waals surface area contributed by atoms with E-state index in [1.54, 1.807) is 39.2 Å². The van der Waals surface area contributed by atoms with Crippen molar-refractivity contribution < 1.29 is 17.9 Å². The van der Waals surface area contributed by atoms with E-state index in [4.69, 9.17) is 4.74 Å². The van der Waals surface area contributed by atoms with Crippen molar-refractivity contribution in [1.82, 2.24) is 19.7 Å². The van der Waals surface area contributed by atoms with Crippen LogP contribution >= 0.6 is 0 Å². The molecule has 2 aromatic carbocycles. The molecular formula is C29H41N5O4S. The summed E-state index contributed by atoms with van der Waals surface area (Å²) < 4.78 is 36.9. The number of anilines is 1. The number of para-hydroxylation sites is 1. The maximum absolute atomic E-state index is 13.4. The standard InChI is InChI=1S/C29H41N5O4S/c1-5-32-16-18-33(19-17-32)13-7-12-30-27(35)11-15-34-14-10-24-8-6-9-26(28(24)34)31-39(36,37)29-22(2)20-25(38-4)21-23(29)3/h6,8-10,14,20-21,31H,5,7,11-13,15-19H2,1-4H3,(H,30,35). The predicted molar refractivity (Wildman–Crippen MR) is 156 cm³/mol. The summed E-state index contributed by atoms with van der Waals surface area (Å²) in [5.41, 5.74) is 2.46. The maximum Gasteiger partial charge on any atom is 0.262 e. The van der Waals surface area contributed by atoms with Gasteiger partial charge in [-0.25, -0.2) is 8.42 Å². The Bertz CT molecular complexity index is 1370. The number of sulfonamides is 1. The predicted octanol–water partition coefficient (Wildman–Crippen LogP) is 3.60. The monoisotopic (exact) mass is 555 g/mol. The van der Waals surface area contributed by atoms with Crippen LogP contribution in [0.2, 0.25) is 0 Å². The van der Waals surface area contributed by atoms with E-state index in [-0.39, 0.29) is 10.8 Å². The fourth-order valence-electron chi connectivity index (χ4n) is 5.35. The van der Waals surface area contributed by atoms with E-state index in [2.05, 4.69) is 26.8 Å². The first-order chi connectivity index (χ1) is 18.7. The molecule has 1 amide bonds. The Labute approximate surface area is 232 Å². The van der Waals surface area contributed by atoms with Crippen LogP contribution in [0.25, 0.3) is 10.9 Å². The lowest BCUT2D eigenvalue weighted by Gasteiger charge is -2.33. The van der Waals surface area contributed by atoms with Crippen LogP contribution in [0.1, 0.15) is 30.9 Å². The number of nitrogens with one attached hydrogen (secondary N) is 2. The quantitative estimate of drug-likeness (QED) is 0.332. The van der Waals surface area contributed by atoms with Gasteiger partial charge in [-0.3, -0.25) is 9.52 Å². The smallest absolute Gasteiger partial charge is 0.262 e. The summed E-state index contributed by atoms with van der Waals surface area (Å²) in [6, 6.07) is 10.9. The van der Waals surface area contributed by atoms with E-state index >= 15 is 0 Å². The van der Waals surface area contributed by atoms with Crippen LogP contribution in [0.15, 0.2) is 47.5 Å². The van der Waals surface area contributed by atoms with E-state index in [1.165, 1.54) is 0 Å². The van der Waals surface area contributed by atoms with Gasteiger partial charge in [-0.1, -0.05) is 19.1 Å². The number of aromatic nitrogens is 1. The lowest BCUT2D eigenvalue weighted by molar-refractivity contribution is -0.121. The zero-order valence-corrected chi connectivity index (χ0v) is 24.3. The number of nitrogens with zero attached hydrogens (tertiary/aromatic N) is 3. The molecule has 1 fully saturated rings. The van der Waals surface area contributed by atoms with Gasteiger partial charge >= 0.3 is 0 Å². The second-order valence-corrected chi connectivity index (χ2v) is 11.8. The van der Waals surface area contributed by atoms with Gasteiger partial charge in [0, 0.05) is 57.3 Å². The third kappa shape index (κ3) is 7.12. The van der Waals surface area contributed by atoms with Crippen LogP contribution < -0.4 is 14.8 Å². The normalized spacial score (nSPS) is 15.0. The molecule has 39 heavy (non-hydrogen) atoms. The average Bonchev–Trinajstić information content (AvgIpc) is 3.33. The molecule has 0 unspecified atom stereocenters. The SMILES string of the molecule is CCN1CCN(CCCNC(=O)CCn2ccc3cccc(NS(=O)(=O)c4c(C)cc(OC)cc4C)c32)CC1. The molecule has 0 aliphatic carbocycles. The minimum Gasteiger partial charge on any atom is -0.497 e. The molecule has 1 aliphatic heterocycles. The number of carbonyl (C=O) groups is 1. The molecule has 1 saturated heterocycles. The fraction of sp³-hybridized carbons (Fsp3) is 0.483. The zero-order valence-electron chi connectivity index (χ0n) is 23.5. The lowest BCUT2D eigenvalue weighted by Crippen LogP contribution is -2.46. The number of benzene rings is 2. The van der Waals surface area contributed by atoms with Crippen molar-refractivity contribution in [2.45, 2.75) is 45.1 Å². The van der Waals surface area contributed by atoms with Crippen molar-refractivity contribution in [3.05, 3.63) is 53.7 Å². The molecule has 212 valence electrons. The van der Waals surface area contributed by atoms with Crippen molar-refractivity contribution in [1.29, 1.82) is 0 Å². The molecule has 3 aromatic rings. The van der Waals surface area contributed by atoms with Gasteiger partial charge in [0.1, 0.15) is 5.75 Å². The molecule has 2 heterocycles. The molecule has 0 bridgehead atoms. The van der Waals surface area contributed by atoms with Gasteiger partial charge in [0.15, 0.2) is 0 Å². The second kappa shape index (κ2) is 12.8. The average molecular weight is 556 g/mol. The number of carbonyl (C=O) groups excluding carboxylic acids is 1. The zero-order chi connectivity index (χ0) is 28.0. The summed E-state index contributed by atoms with van der Waals surface area (Å²) >= 11 is 0. The third-order valence-electron chi connectivity index (χ3n) is 7.44. The summed E-state index contributed by atoms with van der Waals surface area (Å²) in [7, 11) is -2.29. The number of likely N-dealkylation sites (N-methyl/N-ethyl adjacent to an activating group) is 1. The van der Waals surface area contributed by atoms with Crippen LogP contribution in [0.5, 0.6) is 5.75 Å². The summed E-state index contributed by atoms with van der Waals surface area (Å²) in [5.74, 6) is 0.614. The number of rotatable bonds is 12. The highest BCUT2D eigenvalue weighted by Crippen LogP contribution is 2.31. The van der Waals surface area contributed by atoms with Crippen molar-refractivity contribution in [3.8, 4) is 5.75 Å². The lowest BCUT2D eigenvalue weighted by atomic mass is 10.1. The summed E-state index contributed by atoms with van der Waals surface area (Å²) in [6.45, 7) is 13.3. The molecule has 0 radical (unpaired) electrons. The molecule has 1 aliphatic rings. The maximum atomic E-state index is 13.4. The van der Waals surface area contributed by atoms with E-state index in [9.17, 15) is 13.2 Å². The minimum absolute atomic E-state index is 0.00445. The van der Waals surface area contributed by atoms with Crippen molar-refractivity contribution >= 4 is 32.5 Å². The van der Waals surface area contributed by atoms with Crippen molar-refractivity contribution in [2.24, 2.45) is 0 Å². The summed E-state index contributed by atoms with van der Waals surface area (Å²) in [4.78, 5) is 17.7. The Morgan fingerprint density at radius 2 is 1.69 bits per heavy atom. The molecule has 2 N–H and O–H groups in total. The van der Waals surface area contributed by atoms with Crippen molar-refractivity contribution in [2.75, 3.05) is 57.6 Å². The number of piperazine rings is 1. The summed E-state index contributed by atoms with van der Waals surface area (Å²) in [6.07, 6.45) is 3.15. The Kier molecular flexibility index (Phi) is 9.53. The molecule has 0 saturated carbocycles. The Hall–Kier alpha value is -3.08. The first-order valence-electron chi connectivity index (χ1n) is 13.7. The van der Waals surface area contributed by atoms with Gasteiger partial charge < -0.3 is 24.4 Å². The van der Waals surface area contributed by atoms with Gasteiger partial charge in [-0.05, 0) is 68.8 Å². The highest BCUT2D eigenvalue weighted by atomic mass is 32.2. The van der Waals surface area contributed by atoms with Crippen LogP contribution in [-0.4, -0.2) is 81.6 Å². The Morgan fingerprint density at radius 3 is 2.36 bits per heavy atom. The highest BCUT2D eigenvalue weighted by molar-refractivity contribution is 7.92. The third-order valence-corrected chi connectivity index (χ3v) is 9.11. The number of hydrogen-bond donors (Lipinski definition) is 2.